The minimum atomic E-state index is 0.418. The molecule has 1 saturated heterocycles. The number of nitrogens with zero attached hydrogens (tertiary/aromatic N) is 2. The van der Waals surface area contributed by atoms with Gasteiger partial charge >= 0.3 is 0 Å². The van der Waals surface area contributed by atoms with Gasteiger partial charge in [0, 0.05) is 17.8 Å². The van der Waals surface area contributed by atoms with Crippen LogP contribution in [0.4, 0.5) is 0 Å². The molecule has 3 heteroatoms. The molecule has 1 aromatic carbocycles. The lowest BCUT2D eigenvalue weighted by atomic mass is 9.97. The molecule has 0 radical (unpaired) electrons. The summed E-state index contributed by atoms with van der Waals surface area (Å²) >= 11 is 0. The molecule has 0 amide bonds. The van der Waals surface area contributed by atoms with E-state index >= 15 is 0 Å². The molecule has 0 bridgehead atoms. The quantitative estimate of drug-likeness (QED) is 0.915. The molecule has 1 N–H and O–H groups in total. The van der Waals surface area contributed by atoms with Crippen LogP contribution in [0, 0.1) is 0 Å². The molecule has 0 spiro atoms. The van der Waals surface area contributed by atoms with Gasteiger partial charge in [-0.15, -0.1) is 0 Å². The minimum absolute atomic E-state index is 0.418. The maximum Gasteiger partial charge on any atom is 0.0994 e. The van der Waals surface area contributed by atoms with Crippen molar-refractivity contribution in [2.45, 2.75) is 58.0 Å². The van der Waals surface area contributed by atoms with Crippen molar-refractivity contribution < 1.29 is 0 Å². The number of benzene rings is 1. The van der Waals surface area contributed by atoms with Gasteiger partial charge < -0.3 is 9.88 Å². The van der Waals surface area contributed by atoms with Crippen molar-refractivity contribution in [2.24, 2.45) is 0 Å². The molecule has 3 rings (SSSR count). The van der Waals surface area contributed by atoms with E-state index < -0.39 is 0 Å². The van der Waals surface area contributed by atoms with Gasteiger partial charge in [0.2, 0.25) is 0 Å². The highest BCUT2D eigenvalue weighted by atomic mass is 15.1. The topological polar surface area (TPSA) is 29.9 Å². The van der Waals surface area contributed by atoms with Crippen LogP contribution in [0.1, 0.15) is 63.3 Å². The first kappa shape index (κ1) is 14.3. The third-order valence-electron chi connectivity index (χ3n) is 4.48. The summed E-state index contributed by atoms with van der Waals surface area (Å²) in [7, 11) is 0. The van der Waals surface area contributed by atoms with Crippen LogP contribution in [0.5, 0.6) is 0 Å². The summed E-state index contributed by atoms with van der Waals surface area (Å²) in [5, 5.41) is 3.70. The maximum absolute atomic E-state index is 4.38. The lowest BCUT2D eigenvalue weighted by Crippen LogP contribution is -2.35. The second-order valence-electron chi connectivity index (χ2n) is 6.49. The van der Waals surface area contributed by atoms with Crippen LogP contribution in [0.3, 0.4) is 0 Å². The summed E-state index contributed by atoms with van der Waals surface area (Å²) in [5.74, 6) is 0.571. The van der Waals surface area contributed by atoms with Crippen molar-refractivity contribution in [3.63, 3.8) is 0 Å². The third-order valence-corrected chi connectivity index (χ3v) is 4.48. The van der Waals surface area contributed by atoms with E-state index in [1.165, 1.54) is 36.2 Å². The minimum Gasteiger partial charge on any atom is -0.306 e. The highest BCUT2D eigenvalue weighted by molar-refractivity contribution is 5.37. The summed E-state index contributed by atoms with van der Waals surface area (Å²) in [4.78, 5) is 4.38. The van der Waals surface area contributed by atoms with Gasteiger partial charge in [-0.05, 0) is 49.8 Å². The van der Waals surface area contributed by atoms with Gasteiger partial charge in [-0.1, -0.05) is 26.0 Å². The smallest absolute Gasteiger partial charge is 0.0994 e. The van der Waals surface area contributed by atoms with Gasteiger partial charge in [0.1, 0.15) is 0 Å². The Labute approximate surface area is 127 Å². The summed E-state index contributed by atoms with van der Waals surface area (Å²) in [5.41, 5.74) is 3.86. The van der Waals surface area contributed by atoms with Crippen LogP contribution in [0.2, 0.25) is 0 Å². The molecular weight excluding hydrogens is 258 g/mol. The van der Waals surface area contributed by atoms with Crippen LogP contribution in [-0.4, -0.2) is 15.6 Å². The predicted molar refractivity (Wildman–Crippen MR) is 86.8 cm³/mol. The van der Waals surface area contributed by atoms with E-state index in [1.54, 1.807) is 0 Å². The fourth-order valence-electron chi connectivity index (χ4n) is 3.17. The van der Waals surface area contributed by atoms with E-state index in [0.717, 1.165) is 0 Å². The number of aromatic nitrogens is 2. The number of hydrogen-bond donors (Lipinski definition) is 1. The van der Waals surface area contributed by atoms with Crippen LogP contribution in [-0.2, 0) is 0 Å². The SMILES string of the molecule is CC1CCCC(c2cncn2-c2ccc(C(C)C)cc2)N1. The van der Waals surface area contributed by atoms with Crippen molar-refractivity contribution in [3.8, 4) is 5.69 Å². The first-order chi connectivity index (χ1) is 10.1. The van der Waals surface area contributed by atoms with Crippen LogP contribution in [0.25, 0.3) is 5.69 Å². The molecule has 1 aliphatic heterocycles. The first-order valence-corrected chi connectivity index (χ1v) is 8.04. The molecule has 2 atom stereocenters. The number of nitrogens with one attached hydrogen (secondary N) is 1. The van der Waals surface area contributed by atoms with Crippen LogP contribution >= 0.6 is 0 Å². The lowest BCUT2D eigenvalue weighted by Gasteiger charge is -2.29. The molecule has 0 saturated carbocycles. The van der Waals surface area contributed by atoms with Gasteiger partial charge in [-0.3, -0.25) is 0 Å². The van der Waals surface area contributed by atoms with E-state index in [2.05, 4.69) is 59.9 Å². The molecule has 1 aromatic heterocycles. The molecule has 2 unspecified atom stereocenters. The monoisotopic (exact) mass is 283 g/mol. The van der Waals surface area contributed by atoms with E-state index in [9.17, 15) is 0 Å². The zero-order chi connectivity index (χ0) is 14.8. The molecule has 21 heavy (non-hydrogen) atoms. The predicted octanol–water partition coefficient (Wildman–Crippen LogP) is 4.20. The molecule has 1 fully saturated rings. The Balaban J connectivity index is 1.87. The van der Waals surface area contributed by atoms with Crippen molar-refractivity contribution >= 4 is 0 Å². The van der Waals surface area contributed by atoms with E-state index in [-0.39, 0.29) is 0 Å². The largest absolute Gasteiger partial charge is 0.306 e. The maximum atomic E-state index is 4.38. The van der Waals surface area contributed by atoms with Crippen LogP contribution < -0.4 is 5.32 Å². The molecule has 1 aliphatic rings. The van der Waals surface area contributed by atoms with E-state index in [4.69, 9.17) is 0 Å². The van der Waals surface area contributed by atoms with Crippen molar-refractivity contribution in [3.05, 3.63) is 48.0 Å². The number of rotatable bonds is 3. The summed E-state index contributed by atoms with van der Waals surface area (Å²) < 4.78 is 2.22. The fraction of sp³-hybridized carbons (Fsp3) is 0.500. The van der Waals surface area contributed by atoms with Crippen molar-refractivity contribution in [2.75, 3.05) is 0 Å². The average Bonchev–Trinajstić information content (AvgIpc) is 2.97. The Morgan fingerprint density at radius 2 is 1.95 bits per heavy atom. The van der Waals surface area contributed by atoms with Crippen molar-refractivity contribution in [1.29, 1.82) is 0 Å². The lowest BCUT2D eigenvalue weighted by molar-refractivity contribution is 0.334. The number of hydrogen-bond acceptors (Lipinski definition) is 2. The average molecular weight is 283 g/mol. The summed E-state index contributed by atoms with van der Waals surface area (Å²) in [6.45, 7) is 6.72. The van der Waals surface area contributed by atoms with E-state index in [0.29, 0.717) is 18.0 Å². The van der Waals surface area contributed by atoms with Gasteiger partial charge in [0.05, 0.1) is 18.2 Å². The second-order valence-corrected chi connectivity index (χ2v) is 6.49. The first-order valence-electron chi connectivity index (χ1n) is 8.04. The summed E-state index contributed by atoms with van der Waals surface area (Å²) in [6, 6.07) is 9.86. The molecule has 2 heterocycles. The highest BCUT2D eigenvalue weighted by Gasteiger charge is 2.22. The number of piperidine rings is 1. The van der Waals surface area contributed by atoms with Crippen LogP contribution in [0.15, 0.2) is 36.8 Å². The number of imidazole rings is 1. The molecule has 112 valence electrons. The van der Waals surface area contributed by atoms with Gasteiger partial charge in [-0.2, -0.15) is 0 Å². The van der Waals surface area contributed by atoms with Gasteiger partial charge in [0.25, 0.3) is 0 Å². The van der Waals surface area contributed by atoms with E-state index in [1.807, 2.05) is 12.5 Å². The fourth-order valence-corrected chi connectivity index (χ4v) is 3.17. The molecule has 3 nitrogen and oxygen atoms in total. The Kier molecular flexibility index (Phi) is 4.11. The standard InChI is InChI=1S/C18H25N3/c1-13(2)15-7-9-16(10-8-15)21-12-19-11-18(21)17-6-4-5-14(3)20-17/h7-14,17,20H,4-6H2,1-3H3. The second kappa shape index (κ2) is 6.02. The Morgan fingerprint density at radius 3 is 2.62 bits per heavy atom. The molecular formula is C18H25N3. The highest BCUT2D eigenvalue weighted by Crippen LogP contribution is 2.27. The zero-order valence-electron chi connectivity index (χ0n) is 13.2. The molecule has 0 aliphatic carbocycles. The van der Waals surface area contributed by atoms with Crippen molar-refractivity contribution in [1.82, 2.24) is 14.9 Å². The third kappa shape index (κ3) is 3.03. The Morgan fingerprint density at radius 1 is 1.19 bits per heavy atom. The van der Waals surface area contributed by atoms with Gasteiger partial charge in [0.15, 0.2) is 0 Å². The molecule has 2 aromatic rings. The van der Waals surface area contributed by atoms with Gasteiger partial charge in [-0.25, -0.2) is 4.98 Å². The Hall–Kier alpha value is -1.61. The zero-order valence-corrected chi connectivity index (χ0v) is 13.2. The summed E-state index contributed by atoms with van der Waals surface area (Å²) in [6.07, 6.45) is 7.69. The normalized spacial score (nSPS) is 22.7. The Bertz CT molecular complexity index is 583.